The van der Waals surface area contributed by atoms with Gasteiger partial charge in [0.1, 0.15) is 11.3 Å². The largest absolute Gasteiger partial charge is 0.461 e. The van der Waals surface area contributed by atoms with E-state index < -0.39 is 9.84 Å². The molecular formula is C26H27NO5S. The number of carbonyl (C=O) groups is 1. The molecule has 0 bridgehead atoms. The molecule has 6 nitrogen and oxygen atoms in total. The molecule has 0 spiro atoms. The van der Waals surface area contributed by atoms with Crippen LogP contribution in [-0.2, 0) is 28.6 Å². The van der Waals surface area contributed by atoms with Gasteiger partial charge in [0.25, 0.3) is 5.91 Å². The van der Waals surface area contributed by atoms with Crippen molar-refractivity contribution in [3.05, 3.63) is 89.6 Å². The topological polar surface area (TPSA) is 80.7 Å². The molecule has 2 aromatic heterocycles. The molecule has 4 aromatic rings. The van der Waals surface area contributed by atoms with E-state index in [1.807, 2.05) is 24.3 Å². The van der Waals surface area contributed by atoms with E-state index >= 15 is 0 Å². The molecule has 0 atom stereocenters. The first-order valence-corrected chi connectivity index (χ1v) is 12.6. The normalized spacial score (nSPS) is 11.7. The highest BCUT2D eigenvalue weighted by molar-refractivity contribution is 7.90. The van der Waals surface area contributed by atoms with Crippen molar-refractivity contribution in [3.8, 4) is 0 Å². The molecule has 2 aromatic carbocycles. The minimum atomic E-state index is -3.61. The van der Waals surface area contributed by atoms with E-state index in [2.05, 4.69) is 6.92 Å². The van der Waals surface area contributed by atoms with Crippen LogP contribution in [0.4, 0.5) is 0 Å². The summed E-state index contributed by atoms with van der Waals surface area (Å²) in [5.41, 5.74) is 2.12. The van der Waals surface area contributed by atoms with Crippen LogP contribution in [0.5, 0.6) is 0 Å². The van der Waals surface area contributed by atoms with Crippen LogP contribution in [0.3, 0.4) is 0 Å². The second-order valence-corrected chi connectivity index (χ2v) is 10.1. The van der Waals surface area contributed by atoms with Crippen molar-refractivity contribution in [1.82, 2.24) is 4.90 Å². The Kier molecular flexibility index (Phi) is 6.70. The van der Waals surface area contributed by atoms with E-state index in [1.165, 1.54) is 6.26 Å². The van der Waals surface area contributed by atoms with E-state index in [-0.39, 0.29) is 22.3 Å². The lowest BCUT2D eigenvalue weighted by Crippen LogP contribution is -2.27. The average Bonchev–Trinajstić information content (AvgIpc) is 3.42. The number of amides is 1. The molecule has 0 radical (unpaired) electrons. The van der Waals surface area contributed by atoms with Gasteiger partial charge < -0.3 is 13.7 Å². The van der Waals surface area contributed by atoms with Gasteiger partial charge in [-0.05, 0) is 30.7 Å². The van der Waals surface area contributed by atoms with Gasteiger partial charge in [-0.3, -0.25) is 4.79 Å². The number of nitrogens with zero attached hydrogens (tertiary/aromatic N) is 1. The highest BCUT2D eigenvalue weighted by Crippen LogP contribution is 2.29. The Hall–Kier alpha value is -3.32. The summed E-state index contributed by atoms with van der Waals surface area (Å²) in [5.74, 6) is 0.243. The number of fused-ring (bicyclic) bond motifs is 1. The van der Waals surface area contributed by atoms with Gasteiger partial charge in [-0.25, -0.2) is 8.42 Å². The first-order valence-electron chi connectivity index (χ1n) is 11.0. The first-order chi connectivity index (χ1) is 15.9. The second-order valence-electron chi connectivity index (χ2n) is 8.11. The van der Waals surface area contributed by atoms with Crippen molar-refractivity contribution in [2.45, 2.75) is 43.4 Å². The minimum absolute atomic E-state index is 0.0416. The van der Waals surface area contributed by atoms with Crippen molar-refractivity contribution < 1.29 is 22.0 Å². The van der Waals surface area contributed by atoms with Crippen LogP contribution in [0, 0.1) is 0 Å². The molecule has 33 heavy (non-hydrogen) atoms. The fourth-order valence-electron chi connectivity index (χ4n) is 3.90. The third-order valence-corrected chi connectivity index (χ3v) is 7.35. The maximum atomic E-state index is 13.2. The monoisotopic (exact) mass is 465 g/mol. The lowest BCUT2D eigenvalue weighted by atomic mass is 10.1. The Bertz CT molecular complexity index is 1350. The van der Waals surface area contributed by atoms with Gasteiger partial charge in [-0.2, -0.15) is 0 Å². The molecule has 1 amide bonds. The van der Waals surface area contributed by atoms with Gasteiger partial charge >= 0.3 is 0 Å². The smallest absolute Gasteiger partial charge is 0.289 e. The number of sulfone groups is 1. The van der Waals surface area contributed by atoms with Crippen LogP contribution in [0.15, 0.2) is 80.7 Å². The van der Waals surface area contributed by atoms with Crippen LogP contribution in [0.2, 0.25) is 0 Å². The Morgan fingerprint density at radius 2 is 1.73 bits per heavy atom. The molecule has 2 heterocycles. The lowest BCUT2D eigenvalue weighted by Gasteiger charge is -2.17. The zero-order valence-electron chi connectivity index (χ0n) is 18.8. The van der Waals surface area contributed by atoms with Crippen LogP contribution in [0.25, 0.3) is 11.0 Å². The highest BCUT2D eigenvalue weighted by atomic mass is 32.2. The van der Waals surface area contributed by atoms with E-state index in [9.17, 15) is 13.2 Å². The number of benzene rings is 2. The Balaban J connectivity index is 1.58. The van der Waals surface area contributed by atoms with Gasteiger partial charge in [0.15, 0.2) is 15.6 Å². The number of aryl methyl sites for hydroxylation is 1. The fraction of sp³-hybridized carbons (Fsp3) is 0.269. The van der Waals surface area contributed by atoms with Crippen molar-refractivity contribution in [2.24, 2.45) is 0 Å². The summed E-state index contributed by atoms with van der Waals surface area (Å²) in [7, 11) is -1.92. The third kappa shape index (κ3) is 4.88. The SMILES string of the molecule is CCCCc1oc2ccccc2c1CN(C)C(=O)c1occc1CS(=O)(=O)c1ccccc1. The molecule has 0 unspecified atom stereocenters. The van der Waals surface area contributed by atoms with Gasteiger partial charge in [-0.15, -0.1) is 0 Å². The van der Waals surface area contributed by atoms with Crippen LogP contribution in [0.1, 0.15) is 47.2 Å². The second kappa shape index (κ2) is 9.67. The lowest BCUT2D eigenvalue weighted by molar-refractivity contribution is 0.0752. The standard InChI is InChI=1S/C26H27NO5S/c1-3-4-13-24-22(21-12-8-9-14-23(21)32-24)17-27(2)26(28)25-19(15-16-31-25)18-33(29,30)20-10-6-5-7-11-20/h5-12,14-16H,3-4,13,17-18H2,1-2H3. The Morgan fingerprint density at radius 3 is 2.48 bits per heavy atom. The summed E-state index contributed by atoms with van der Waals surface area (Å²) in [6.45, 7) is 2.46. The van der Waals surface area contributed by atoms with Crippen LogP contribution >= 0.6 is 0 Å². The van der Waals surface area contributed by atoms with E-state index in [1.54, 1.807) is 48.3 Å². The van der Waals surface area contributed by atoms with Crippen LogP contribution < -0.4 is 0 Å². The minimum Gasteiger partial charge on any atom is -0.461 e. The summed E-state index contributed by atoms with van der Waals surface area (Å²) in [4.78, 5) is 15.0. The molecule has 0 aliphatic carbocycles. The Labute approximate surface area is 193 Å². The van der Waals surface area contributed by atoms with E-state index in [0.29, 0.717) is 12.1 Å². The number of furan rings is 2. The summed E-state index contributed by atoms with van der Waals surface area (Å²) < 4.78 is 37.1. The molecule has 0 aliphatic heterocycles. The quantitative estimate of drug-likeness (QED) is 0.321. The molecule has 7 heteroatoms. The summed E-state index contributed by atoms with van der Waals surface area (Å²) in [5, 5.41) is 0.981. The first kappa shape index (κ1) is 22.9. The summed E-state index contributed by atoms with van der Waals surface area (Å²) in [6, 6.07) is 17.5. The number of rotatable bonds is 9. The van der Waals surface area contributed by atoms with Gasteiger partial charge in [0.05, 0.1) is 16.9 Å². The molecule has 0 N–H and O–H groups in total. The third-order valence-electron chi connectivity index (χ3n) is 5.67. The van der Waals surface area contributed by atoms with Gasteiger partial charge in [0, 0.05) is 36.5 Å². The highest BCUT2D eigenvalue weighted by Gasteiger charge is 2.26. The average molecular weight is 466 g/mol. The maximum absolute atomic E-state index is 13.2. The molecule has 0 aliphatic rings. The van der Waals surface area contributed by atoms with Crippen molar-refractivity contribution in [2.75, 3.05) is 7.05 Å². The molecule has 4 rings (SSSR count). The number of para-hydroxylation sites is 1. The molecule has 172 valence electrons. The molecule has 0 fully saturated rings. The number of hydrogen-bond donors (Lipinski definition) is 0. The predicted octanol–water partition coefficient (Wildman–Crippen LogP) is 5.61. The van der Waals surface area contributed by atoms with Crippen molar-refractivity contribution in [1.29, 1.82) is 0 Å². The maximum Gasteiger partial charge on any atom is 0.289 e. The number of carbonyl (C=O) groups excluding carboxylic acids is 1. The van der Waals surface area contributed by atoms with Crippen molar-refractivity contribution >= 4 is 26.7 Å². The van der Waals surface area contributed by atoms with Gasteiger partial charge in [0.2, 0.25) is 0 Å². The van der Waals surface area contributed by atoms with E-state index in [0.717, 1.165) is 41.6 Å². The zero-order valence-corrected chi connectivity index (χ0v) is 19.6. The summed E-state index contributed by atoms with van der Waals surface area (Å²) in [6.07, 6.45) is 4.18. The molecular weight excluding hydrogens is 438 g/mol. The molecule has 0 saturated heterocycles. The van der Waals surface area contributed by atoms with Crippen molar-refractivity contribution in [3.63, 3.8) is 0 Å². The zero-order chi connectivity index (χ0) is 23.4. The number of unbranched alkanes of at least 4 members (excludes halogenated alkanes) is 1. The summed E-state index contributed by atoms with van der Waals surface area (Å²) >= 11 is 0. The van der Waals surface area contributed by atoms with Gasteiger partial charge in [-0.1, -0.05) is 49.7 Å². The van der Waals surface area contributed by atoms with E-state index in [4.69, 9.17) is 8.83 Å². The predicted molar refractivity (Wildman–Crippen MR) is 127 cm³/mol. The Morgan fingerprint density at radius 1 is 1.00 bits per heavy atom. The number of hydrogen-bond acceptors (Lipinski definition) is 5. The fourth-order valence-corrected chi connectivity index (χ4v) is 5.27. The molecule has 0 saturated carbocycles. The van der Waals surface area contributed by atoms with Crippen LogP contribution in [-0.4, -0.2) is 26.3 Å².